The van der Waals surface area contributed by atoms with Gasteiger partial charge in [-0.25, -0.2) is 0 Å². The van der Waals surface area contributed by atoms with Crippen molar-refractivity contribution in [2.24, 2.45) is 5.41 Å². The fourth-order valence-corrected chi connectivity index (χ4v) is 2.92. The van der Waals surface area contributed by atoms with Gasteiger partial charge in [-0.15, -0.1) is 0 Å². The Morgan fingerprint density at radius 1 is 1.16 bits per heavy atom. The van der Waals surface area contributed by atoms with Crippen molar-refractivity contribution in [2.75, 3.05) is 10.6 Å². The second kappa shape index (κ2) is 6.35. The van der Waals surface area contributed by atoms with E-state index < -0.39 is 5.41 Å². The van der Waals surface area contributed by atoms with Crippen molar-refractivity contribution < 1.29 is 14.1 Å². The highest BCUT2D eigenvalue weighted by Gasteiger charge is 2.56. The Balaban J connectivity index is 1.78. The number of hydrogen-bond donors (Lipinski definition) is 2. The van der Waals surface area contributed by atoms with E-state index in [-0.39, 0.29) is 17.7 Å². The fraction of sp³-hybridized carbons (Fsp3) is 0.421. The fourth-order valence-electron chi connectivity index (χ4n) is 2.92. The first-order valence-electron chi connectivity index (χ1n) is 8.49. The zero-order valence-electron chi connectivity index (χ0n) is 15.0. The highest BCUT2D eigenvalue weighted by Crippen LogP contribution is 2.48. The first kappa shape index (κ1) is 17.2. The minimum absolute atomic E-state index is 0.263. The van der Waals surface area contributed by atoms with Crippen LogP contribution in [0.4, 0.5) is 11.5 Å². The lowest BCUT2D eigenvalue weighted by atomic mass is 9.97. The summed E-state index contributed by atoms with van der Waals surface area (Å²) in [5, 5.41) is 9.42. The Morgan fingerprint density at radius 3 is 2.40 bits per heavy atom. The third-order valence-electron chi connectivity index (χ3n) is 4.65. The summed E-state index contributed by atoms with van der Waals surface area (Å²) in [6, 6.07) is 7.57. The van der Waals surface area contributed by atoms with Crippen LogP contribution in [-0.2, 0) is 9.59 Å². The SMILES string of the molecule is Cc1cc(NC(=O)C2(C(=O)Nc3c(C)cccc3C(C)C)CC2)no1. The number of benzene rings is 1. The average molecular weight is 341 g/mol. The van der Waals surface area contributed by atoms with Gasteiger partial charge in [0.05, 0.1) is 0 Å². The van der Waals surface area contributed by atoms with Crippen LogP contribution < -0.4 is 10.6 Å². The van der Waals surface area contributed by atoms with E-state index in [9.17, 15) is 9.59 Å². The summed E-state index contributed by atoms with van der Waals surface area (Å²) in [6.45, 7) is 7.86. The molecule has 25 heavy (non-hydrogen) atoms. The molecule has 132 valence electrons. The molecule has 0 unspecified atom stereocenters. The third kappa shape index (κ3) is 3.29. The molecule has 2 amide bonds. The van der Waals surface area contributed by atoms with Gasteiger partial charge in [-0.1, -0.05) is 37.2 Å². The number of rotatable bonds is 5. The number of amides is 2. The molecule has 6 nitrogen and oxygen atoms in total. The number of nitrogens with one attached hydrogen (secondary N) is 2. The van der Waals surface area contributed by atoms with Crippen molar-refractivity contribution in [1.29, 1.82) is 0 Å². The highest BCUT2D eigenvalue weighted by atomic mass is 16.5. The number of hydrogen-bond acceptors (Lipinski definition) is 4. The standard InChI is InChI=1S/C19H23N3O3/c1-11(2)14-7-5-6-12(3)16(14)21-18(24)19(8-9-19)17(23)20-15-10-13(4)25-22-15/h5-7,10-11H,8-9H2,1-4H3,(H,21,24)(H,20,22,23). The molecule has 2 aromatic rings. The van der Waals surface area contributed by atoms with Crippen molar-refractivity contribution in [2.45, 2.75) is 46.5 Å². The minimum atomic E-state index is -1.02. The van der Waals surface area contributed by atoms with Crippen molar-refractivity contribution in [1.82, 2.24) is 5.16 Å². The number of anilines is 2. The number of aromatic nitrogens is 1. The topological polar surface area (TPSA) is 84.2 Å². The van der Waals surface area contributed by atoms with Gasteiger partial charge in [-0.2, -0.15) is 0 Å². The van der Waals surface area contributed by atoms with Gasteiger partial charge in [0, 0.05) is 11.8 Å². The lowest BCUT2D eigenvalue weighted by molar-refractivity contribution is -0.131. The normalized spacial score (nSPS) is 15.1. The molecule has 3 rings (SSSR count). The predicted octanol–water partition coefficient (Wildman–Crippen LogP) is 3.77. The van der Waals surface area contributed by atoms with Crippen molar-refractivity contribution >= 4 is 23.3 Å². The van der Waals surface area contributed by atoms with E-state index in [1.807, 2.05) is 25.1 Å². The van der Waals surface area contributed by atoms with E-state index in [0.29, 0.717) is 24.4 Å². The number of nitrogens with zero attached hydrogens (tertiary/aromatic N) is 1. The van der Waals surface area contributed by atoms with Crippen LogP contribution >= 0.6 is 0 Å². The van der Waals surface area contributed by atoms with E-state index in [0.717, 1.165) is 16.8 Å². The van der Waals surface area contributed by atoms with Crippen LogP contribution in [0.1, 0.15) is 49.5 Å². The summed E-state index contributed by atoms with van der Waals surface area (Å²) < 4.78 is 4.95. The molecule has 0 aliphatic heterocycles. The van der Waals surface area contributed by atoms with Gasteiger partial charge in [0.1, 0.15) is 11.2 Å². The van der Waals surface area contributed by atoms with Crippen LogP contribution in [0.2, 0.25) is 0 Å². The van der Waals surface area contributed by atoms with Gasteiger partial charge in [-0.05, 0) is 43.7 Å². The van der Waals surface area contributed by atoms with Crippen LogP contribution in [0.25, 0.3) is 0 Å². The van der Waals surface area contributed by atoms with E-state index in [1.165, 1.54) is 0 Å². The zero-order chi connectivity index (χ0) is 18.2. The molecule has 1 fully saturated rings. The van der Waals surface area contributed by atoms with E-state index >= 15 is 0 Å². The van der Waals surface area contributed by atoms with Gasteiger partial charge in [0.15, 0.2) is 5.82 Å². The van der Waals surface area contributed by atoms with E-state index in [2.05, 4.69) is 29.6 Å². The quantitative estimate of drug-likeness (QED) is 0.811. The number of aryl methyl sites for hydroxylation is 2. The van der Waals surface area contributed by atoms with Crippen molar-refractivity contribution in [3.8, 4) is 0 Å². The Hall–Kier alpha value is -2.63. The molecule has 6 heteroatoms. The molecule has 0 spiro atoms. The maximum Gasteiger partial charge on any atom is 0.241 e. The van der Waals surface area contributed by atoms with Crippen LogP contribution in [-0.4, -0.2) is 17.0 Å². The van der Waals surface area contributed by atoms with Gasteiger partial charge < -0.3 is 15.2 Å². The number of carbonyl (C=O) groups excluding carboxylic acids is 2. The molecule has 1 aliphatic rings. The maximum atomic E-state index is 12.8. The first-order valence-corrected chi connectivity index (χ1v) is 8.49. The molecule has 0 radical (unpaired) electrons. The zero-order valence-corrected chi connectivity index (χ0v) is 15.0. The van der Waals surface area contributed by atoms with Gasteiger partial charge >= 0.3 is 0 Å². The van der Waals surface area contributed by atoms with Crippen LogP contribution in [0, 0.1) is 19.3 Å². The van der Waals surface area contributed by atoms with Gasteiger partial charge in [0.25, 0.3) is 0 Å². The first-order chi connectivity index (χ1) is 11.8. The molecule has 0 saturated heterocycles. The van der Waals surface area contributed by atoms with Crippen LogP contribution in [0.5, 0.6) is 0 Å². The Kier molecular flexibility index (Phi) is 4.37. The molecule has 1 aromatic heterocycles. The monoisotopic (exact) mass is 341 g/mol. The number of para-hydroxylation sites is 1. The molecular formula is C19H23N3O3. The van der Waals surface area contributed by atoms with Crippen LogP contribution in [0.3, 0.4) is 0 Å². The molecule has 2 N–H and O–H groups in total. The van der Waals surface area contributed by atoms with Gasteiger partial charge in [0.2, 0.25) is 11.8 Å². The molecular weight excluding hydrogens is 318 g/mol. The lowest BCUT2D eigenvalue weighted by Crippen LogP contribution is -2.36. The second-order valence-electron chi connectivity index (χ2n) is 7.01. The Bertz CT molecular complexity index is 819. The molecule has 1 aliphatic carbocycles. The van der Waals surface area contributed by atoms with Crippen LogP contribution in [0.15, 0.2) is 28.8 Å². The van der Waals surface area contributed by atoms with E-state index in [1.54, 1.807) is 13.0 Å². The summed E-state index contributed by atoms with van der Waals surface area (Å²) in [4.78, 5) is 25.4. The third-order valence-corrected chi connectivity index (χ3v) is 4.65. The summed E-state index contributed by atoms with van der Waals surface area (Å²) >= 11 is 0. The van der Waals surface area contributed by atoms with Gasteiger partial charge in [-0.3, -0.25) is 9.59 Å². The van der Waals surface area contributed by atoms with E-state index in [4.69, 9.17) is 4.52 Å². The largest absolute Gasteiger partial charge is 0.360 e. The lowest BCUT2D eigenvalue weighted by Gasteiger charge is -2.19. The molecule has 1 aromatic carbocycles. The Morgan fingerprint density at radius 2 is 1.84 bits per heavy atom. The summed E-state index contributed by atoms with van der Waals surface area (Å²) in [5.74, 6) is 0.614. The van der Waals surface area contributed by atoms with Crippen molar-refractivity contribution in [3.63, 3.8) is 0 Å². The minimum Gasteiger partial charge on any atom is -0.360 e. The summed E-state index contributed by atoms with van der Waals surface area (Å²) in [7, 11) is 0. The van der Waals surface area contributed by atoms with Crippen molar-refractivity contribution in [3.05, 3.63) is 41.2 Å². The summed E-state index contributed by atoms with van der Waals surface area (Å²) in [5.41, 5.74) is 1.84. The Labute approximate surface area is 147 Å². The second-order valence-corrected chi connectivity index (χ2v) is 7.01. The summed E-state index contributed by atoms with van der Waals surface area (Å²) in [6.07, 6.45) is 1.06. The molecule has 0 bridgehead atoms. The molecule has 0 atom stereocenters. The predicted molar refractivity (Wildman–Crippen MR) is 95.4 cm³/mol. The highest BCUT2D eigenvalue weighted by molar-refractivity contribution is 6.17. The maximum absolute atomic E-state index is 12.8. The smallest absolute Gasteiger partial charge is 0.241 e. The molecule has 1 heterocycles. The molecule has 1 saturated carbocycles. The average Bonchev–Trinajstić information content (AvgIpc) is 3.27. The number of carbonyl (C=O) groups is 2.